The van der Waals surface area contributed by atoms with Crippen LogP contribution in [0.4, 0.5) is 0 Å². The van der Waals surface area contributed by atoms with Crippen molar-refractivity contribution in [3.63, 3.8) is 0 Å². The summed E-state index contributed by atoms with van der Waals surface area (Å²) in [6.45, 7) is 4.27. The monoisotopic (exact) mass is 296 g/mol. The van der Waals surface area contributed by atoms with Crippen LogP contribution in [0.3, 0.4) is 0 Å². The van der Waals surface area contributed by atoms with Crippen molar-refractivity contribution >= 4 is 29.3 Å². The summed E-state index contributed by atoms with van der Waals surface area (Å²) < 4.78 is 6.88. The molecule has 4 nitrogen and oxygen atoms in total. The zero-order chi connectivity index (χ0) is 14.0. The summed E-state index contributed by atoms with van der Waals surface area (Å²) in [7, 11) is 1.36. The molecule has 1 aromatic carbocycles. The molecule has 0 amide bonds. The molecule has 2 aromatic rings. The highest BCUT2D eigenvalue weighted by Gasteiger charge is 2.18. The third kappa shape index (κ3) is 3.14. The molecule has 0 aliphatic heterocycles. The molecule has 1 aromatic heterocycles. The first kappa shape index (κ1) is 16.5. The molecule has 1 atom stereocenters. The third-order valence-corrected chi connectivity index (χ3v) is 3.32. The smallest absolute Gasteiger partial charge is 0.322 e. The number of nitrogens with two attached hydrogens (primary N) is 1. The zero-order valence-corrected chi connectivity index (χ0v) is 12.8. The second kappa shape index (κ2) is 6.77. The number of esters is 1. The number of carbonyl (C=O) groups is 1. The summed E-state index contributed by atoms with van der Waals surface area (Å²) in [4.78, 5) is 11.4. The first-order chi connectivity index (χ1) is 9.04. The fourth-order valence-electron chi connectivity index (χ4n) is 2.34. The average Bonchev–Trinajstić information content (AvgIpc) is 2.77. The fraction of sp³-hybridized carbons (Fsp3) is 0.400. The number of fused-ring (bicyclic) bond motifs is 1. The second-order valence-corrected chi connectivity index (χ2v) is 5.01. The van der Waals surface area contributed by atoms with Crippen molar-refractivity contribution < 1.29 is 9.53 Å². The summed E-state index contributed by atoms with van der Waals surface area (Å²) in [5.41, 5.74) is 8.11. The third-order valence-electron chi connectivity index (χ3n) is 3.32. The molecule has 0 aliphatic rings. The van der Waals surface area contributed by atoms with Crippen molar-refractivity contribution in [2.75, 3.05) is 7.11 Å². The number of aromatic nitrogens is 1. The van der Waals surface area contributed by atoms with E-state index in [-0.39, 0.29) is 18.4 Å². The number of benzene rings is 1. The van der Waals surface area contributed by atoms with E-state index in [4.69, 9.17) is 5.73 Å². The van der Waals surface area contributed by atoms with Crippen LogP contribution in [-0.2, 0) is 16.0 Å². The summed E-state index contributed by atoms with van der Waals surface area (Å²) in [5, 5.41) is 1.15. The first-order valence-corrected chi connectivity index (χ1v) is 6.46. The van der Waals surface area contributed by atoms with E-state index in [1.54, 1.807) is 0 Å². The number of rotatable bonds is 4. The van der Waals surface area contributed by atoms with Gasteiger partial charge in [-0.15, -0.1) is 12.4 Å². The van der Waals surface area contributed by atoms with Crippen LogP contribution in [-0.4, -0.2) is 23.7 Å². The van der Waals surface area contributed by atoms with E-state index in [9.17, 15) is 4.79 Å². The lowest BCUT2D eigenvalue weighted by atomic mass is 10.1. The van der Waals surface area contributed by atoms with Crippen molar-refractivity contribution in [3.8, 4) is 0 Å². The predicted octanol–water partition coefficient (Wildman–Crippen LogP) is 2.69. The van der Waals surface area contributed by atoms with Gasteiger partial charge < -0.3 is 15.0 Å². The SMILES string of the molecule is COC(=O)[C@@H](N)Cc1cn(C(C)C)c2ccccc12.Cl. The van der Waals surface area contributed by atoms with Crippen molar-refractivity contribution in [3.05, 3.63) is 36.0 Å². The Morgan fingerprint density at radius 1 is 1.35 bits per heavy atom. The maximum atomic E-state index is 11.4. The van der Waals surface area contributed by atoms with Gasteiger partial charge in [-0.25, -0.2) is 0 Å². The predicted molar refractivity (Wildman–Crippen MR) is 83.3 cm³/mol. The summed E-state index contributed by atoms with van der Waals surface area (Å²) in [6, 6.07) is 7.92. The number of nitrogens with zero attached hydrogens (tertiary/aromatic N) is 1. The van der Waals surface area contributed by atoms with Crippen LogP contribution >= 0.6 is 12.4 Å². The minimum Gasteiger partial charge on any atom is -0.468 e. The molecule has 0 saturated carbocycles. The van der Waals surface area contributed by atoms with Gasteiger partial charge in [-0.3, -0.25) is 4.79 Å². The molecule has 0 spiro atoms. The molecule has 20 heavy (non-hydrogen) atoms. The molecule has 2 rings (SSSR count). The van der Waals surface area contributed by atoms with E-state index >= 15 is 0 Å². The Morgan fingerprint density at radius 3 is 2.60 bits per heavy atom. The van der Waals surface area contributed by atoms with E-state index in [1.165, 1.54) is 12.6 Å². The Morgan fingerprint density at radius 2 is 2.00 bits per heavy atom. The summed E-state index contributed by atoms with van der Waals surface area (Å²) >= 11 is 0. The van der Waals surface area contributed by atoms with Gasteiger partial charge in [-0.2, -0.15) is 0 Å². The number of halogens is 1. The molecule has 0 aliphatic carbocycles. The number of carbonyl (C=O) groups excluding carboxylic acids is 1. The molecule has 0 saturated heterocycles. The van der Waals surface area contributed by atoms with E-state index < -0.39 is 6.04 Å². The molecule has 2 N–H and O–H groups in total. The van der Waals surface area contributed by atoms with Gasteiger partial charge in [0.1, 0.15) is 6.04 Å². The Balaban J connectivity index is 0.00000200. The molecule has 0 radical (unpaired) electrons. The maximum Gasteiger partial charge on any atom is 0.322 e. The van der Waals surface area contributed by atoms with Crippen LogP contribution < -0.4 is 5.73 Å². The molecule has 110 valence electrons. The quantitative estimate of drug-likeness (QED) is 0.883. The Hall–Kier alpha value is -1.52. The van der Waals surface area contributed by atoms with Crippen LogP contribution in [0.2, 0.25) is 0 Å². The highest BCUT2D eigenvalue weighted by atomic mass is 35.5. The Kier molecular flexibility index (Phi) is 5.60. The van der Waals surface area contributed by atoms with E-state index in [0.717, 1.165) is 10.9 Å². The lowest BCUT2D eigenvalue weighted by Crippen LogP contribution is -2.33. The highest BCUT2D eigenvalue weighted by molar-refractivity contribution is 5.86. The van der Waals surface area contributed by atoms with Gasteiger partial charge in [-0.1, -0.05) is 18.2 Å². The normalized spacial score (nSPS) is 12.2. The van der Waals surface area contributed by atoms with Crippen molar-refractivity contribution in [2.24, 2.45) is 5.73 Å². The molecule has 5 heteroatoms. The minimum atomic E-state index is -0.614. The van der Waals surface area contributed by atoms with Gasteiger partial charge in [0.2, 0.25) is 0 Å². The topological polar surface area (TPSA) is 57.2 Å². The van der Waals surface area contributed by atoms with Crippen molar-refractivity contribution in [2.45, 2.75) is 32.4 Å². The molecule has 0 fully saturated rings. The van der Waals surface area contributed by atoms with Crippen molar-refractivity contribution in [1.82, 2.24) is 4.57 Å². The van der Waals surface area contributed by atoms with Crippen LogP contribution in [0.1, 0.15) is 25.5 Å². The van der Waals surface area contributed by atoms with Gasteiger partial charge in [0, 0.05) is 29.6 Å². The Labute approximate surface area is 125 Å². The molecular formula is C15H21ClN2O2. The standard InChI is InChI=1S/C15H20N2O2.ClH/c1-10(2)17-9-11(8-13(16)15(18)19-3)12-6-4-5-7-14(12)17;/h4-7,9-10,13H,8,16H2,1-3H3;1H/t13-;/m0./s1. The highest BCUT2D eigenvalue weighted by Crippen LogP contribution is 2.25. The van der Waals surface area contributed by atoms with E-state index in [1.807, 2.05) is 12.1 Å². The van der Waals surface area contributed by atoms with Gasteiger partial charge in [0.25, 0.3) is 0 Å². The van der Waals surface area contributed by atoms with Crippen LogP contribution in [0.5, 0.6) is 0 Å². The number of para-hydroxylation sites is 1. The molecular weight excluding hydrogens is 276 g/mol. The summed E-state index contributed by atoms with van der Waals surface area (Å²) in [5.74, 6) is -0.374. The number of methoxy groups -OCH3 is 1. The lowest BCUT2D eigenvalue weighted by molar-refractivity contribution is -0.142. The second-order valence-electron chi connectivity index (χ2n) is 5.01. The van der Waals surface area contributed by atoms with Gasteiger partial charge in [-0.05, 0) is 25.5 Å². The molecule has 0 unspecified atom stereocenters. The van der Waals surface area contributed by atoms with Crippen molar-refractivity contribution in [1.29, 1.82) is 0 Å². The number of ether oxygens (including phenoxy) is 1. The number of hydrogen-bond donors (Lipinski definition) is 1. The van der Waals surface area contributed by atoms with Gasteiger partial charge >= 0.3 is 5.97 Å². The van der Waals surface area contributed by atoms with Crippen LogP contribution in [0.25, 0.3) is 10.9 Å². The number of hydrogen-bond acceptors (Lipinski definition) is 3. The van der Waals surface area contributed by atoms with E-state index in [2.05, 4.69) is 41.5 Å². The van der Waals surface area contributed by atoms with Crippen LogP contribution in [0, 0.1) is 0 Å². The first-order valence-electron chi connectivity index (χ1n) is 6.46. The summed E-state index contributed by atoms with van der Waals surface area (Å²) in [6.07, 6.45) is 2.57. The fourth-order valence-corrected chi connectivity index (χ4v) is 2.34. The Bertz CT molecular complexity index is 593. The molecule has 1 heterocycles. The molecule has 0 bridgehead atoms. The lowest BCUT2D eigenvalue weighted by Gasteiger charge is -2.09. The maximum absolute atomic E-state index is 11.4. The van der Waals surface area contributed by atoms with Gasteiger partial charge in [0.05, 0.1) is 7.11 Å². The zero-order valence-electron chi connectivity index (χ0n) is 12.0. The van der Waals surface area contributed by atoms with Crippen LogP contribution in [0.15, 0.2) is 30.5 Å². The van der Waals surface area contributed by atoms with Gasteiger partial charge in [0.15, 0.2) is 0 Å². The average molecular weight is 297 g/mol. The minimum absolute atomic E-state index is 0. The largest absolute Gasteiger partial charge is 0.468 e. The van der Waals surface area contributed by atoms with E-state index in [0.29, 0.717) is 12.5 Å².